The number of hydrogen-bond donors (Lipinski definition) is 0. The fraction of sp³-hybridized carbons (Fsp3) is 0.174. The molecule has 10 heteroatoms. The van der Waals surface area contributed by atoms with E-state index in [-0.39, 0.29) is 24.1 Å². The summed E-state index contributed by atoms with van der Waals surface area (Å²) in [5.74, 6) is 0.0149. The maximum atomic E-state index is 13.1. The standard InChI is InChI=1S/C46H36O10/c47-43(23-21-41-27-51-41)53-37-15-9-31(10-16-37)29-1-5-34(6-2-29)45(49)55-39-19-13-33-14-20-40(26-36(33)25-39)56-46(50)35-7-3-30(4-8-35)32-11-17-38(18-12-32)54-44(48)24-22-42-28-52-42/h1-20,25-26,41-42H,21-24,27-28H2. The van der Waals surface area contributed by atoms with Gasteiger partial charge in [0.15, 0.2) is 0 Å². The molecule has 0 spiro atoms. The molecule has 0 N–H and O–H groups in total. The summed E-state index contributed by atoms with van der Waals surface area (Å²) in [5.41, 5.74) is 4.32. The molecule has 0 radical (unpaired) electrons. The van der Waals surface area contributed by atoms with Crippen LogP contribution in [0.3, 0.4) is 0 Å². The smallest absolute Gasteiger partial charge is 0.343 e. The zero-order valence-corrected chi connectivity index (χ0v) is 30.2. The van der Waals surface area contributed by atoms with E-state index in [1.54, 1.807) is 72.8 Å². The number of carbonyl (C=O) groups is 4. The molecule has 280 valence electrons. The van der Waals surface area contributed by atoms with Gasteiger partial charge in [-0.25, -0.2) is 9.59 Å². The Hall–Kier alpha value is -6.62. The predicted octanol–water partition coefficient (Wildman–Crippen LogP) is 8.78. The summed E-state index contributed by atoms with van der Waals surface area (Å²) in [7, 11) is 0. The van der Waals surface area contributed by atoms with Crippen LogP contribution in [0.2, 0.25) is 0 Å². The van der Waals surface area contributed by atoms with Crippen molar-refractivity contribution in [2.75, 3.05) is 13.2 Å². The van der Waals surface area contributed by atoms with E-state index in [2.05, 4.69) is 0 Å². The van der Waals surface area contributed by atoms with Crippen LogP contribution in [-0.4, -0.2) is 49.3 Å². The monoisotopic (exact) mass is 748 g/mol. The van der Waals surface area contributed by atoms with E-state index < -0.39 is 11.9 Å². The summed E-state index contributed by atoms with van der Waals surface area (Å²) >= 11 is 0. The minimum atomic E-state index is -0.518. The van der Waals surface area contributed by atoms with Gasteiger partial charge in [0, 0.05) is 12.8 Å². The van der Waals surface area contributed by atoms with Gasteiger partial charge >= 0.3 is 23.9 Å². The van der Waals surface area contributed by atoms with Crippen molar-refractivity contribution in [2.45, 2.75) is 37.9 Å². The number of benzene rings is 6. The molecule has 8 rings (SSSR count). The van der Waals surface area contributed by atoms with E-state index in [4.69, 9.17) is 28.4 Å². The first-order chi connectivity index (χ1) is 27.3. The van der Waals surface area contributed by atoms with Gasteiger partial charge in [-0.2, -0.15) is 0 Å². The van der Waals surface area contributed by atoms with Crippen molar-refractivity contribution in [3.05, 3.63) is 145 Å². The lowest BCUT2D eigenvalue weighted by atomic mass is 10.0. The van der Waals surface area contributed by atoms with Crippen LogP contribution in [0.25, 0.3) is 33.0 Å². The Morgan fingerprint density at radius 1 is 0.429 bits per heavy atom. The molecule has 0 bridgehead atoms. The number of carbonyl (C=O) groups excluding carboxylic acids is 4. The van der Waals surface area contributed by atoms with Gasteiger partial charge in [0.2, 0.25) is 0 Å². The first kappa shape index (κ1) is 36.4. The maximum absolute atomic E-state index is 13.1. The SMILES string of the molecule is O=C(CCC1CO1)Oc1ccc(-c2ccc(C(=O)Oc3ccc4ccc(OC(=O)c5ccc(-c6ccc(OC(=O)CCC7CO7)cc6)cc5)cc4c3)cc2)cc1. The zero-order valence-electron chi connectivity index (χ0n) is 30.2. The highest BCUT2D eigenvalue weighted by molar-refractivity contribution is 5.94. The summed E-state index contributed by atoms with van der Waals surface area (Å²) in [5, 5.41) is 1.60. The molecule has 6 aromatic rings. The van der Waals surface area contributed by atoms with Crippen molar-refractivity contribution >= 4 is 34.6 Å². The van der Waals surface area contributed by atoms with Gasteiger partial charge in [-0.05, 0) is 119 Å². The molecule has 2 aliphatic heterocycles. The van der Waals surface area contributed by atoms with Crippen molar-refractivity contribution in [1.82, 2.24) is 0 Å². The molecule has 56 heavy (non-hydrogen) atoms. The number of epoxide rings is 2. The van der Waals surface area contributed by atoms with Crippen molar-refractivity contribution < 1.29 is 47.6 Å². The Morgan fingerprint density at radius 2 is 0.768 bits per heavy atom. The molecule has 10 nitrogen and oxygen atoms in total. The van der Waals surface area contributed by atoms with Crippen LogP contribution >= 0.6 is 0 Å². The Balaban J connectivity index is 0.845. The largest absolute Gasteiger partial charge is 0.427 e. The molecule has 2 fully saturated rings. The number of hydrogen-bond acceptors (Lipinski definition) is 10. The van der Waals surface area contributed by atoms with Gasteiger partial charge in [0.25, 0.3) is 0 Å². The zero-order chi connectivity index (χ0) is 38.4. The van der Waals surface area contributed by atoms with E-state index in [1.807, 2.05) is 60.7 Å². The van der Waals surface area contributed by atoms with Crippen molar-refractivity contribution in [2.24, 2.45) is 0 Å². The molecular weight excluding hydrogens is 712 g/mol. The Bertz CT molecular complexity index is 2210. The van der Waals surface area contributed by atoms with Crippen molar-refractivity contribution in [1.29, 1.82) is 0 Å². The molecule has 2 saturated heterocycles. The number of rotatable bonds is 14. The highest BCUT2D eigenvalue weighted by Crippen LogP contribution is 2.29. The predicted molar refractivity (Wildman–Crippen MR) is 207 cm³/mol. The third-order valence-corrected chi connectivity index (χ3v) is 9.43. The average Bonchev–Trinajstić information content (AvgIpc) is 4.17. The van der Waals surface area contributed by atoms with E-state index in [9.17, 15) is 19.2 Å². The van der Waals surface area contributed by atoms with Crippen molar-refractivity contribution in [3.8, 4) is 45.3 Å². The second-order valence-electron chi connectivity index (χ2n) is 13.6. The van der Waals surface area contributed by atoms with Crippen LogP contribution in [-0.2, 0) is 19.1 Å². The van der Waals surface area contributed by atoms with E-state index in [0.717, 1.165) is 33.0 Å². The summed E-state index contributed by atoms with van der Waals surface area (Å²) in [6.07, 6.45) is 2.33. The van der Waals surface area contributed by atoms with Gasteiger partial charge in [-0.1, -0.05) is 60.7 Å². The van der Waals surface area contributed by atoms with Crippen LogP contribution in [0.4, 0.5) is 0 Å². The average molecular weight is 749 g/mol. The molecule has 6 aromatic carbocycles. The summed E-state index contributed by atoms with van der Waals surface area (Å²) in [4.78, 5) is 50.2. The van der Waals surface area contributed by atoms with E-state index in [0.29, 0.717) is 73.0 Å². The molecule has 2 unspecified atom stereocenters. The van der Waals surface area contributed by atoms with E-state index >= 15 is 0 Å². The van der Waals surface area contributed by atoms with Crippen LogP contribution in [0, 0.1) is 0 Å². The van der Waals surface area contributed by atoms with Gasteiger partial charge < -0.3 is 28.4 Å². The third kappa shape index (κ3) is 9.54. The van der Waals surface area contributed by atoms with Gasteiger partial charge in [0.1, 0.15) is 23.0 Å². The Kier molecular flexibility index (Phi) is 10.6. The molecule has 0 amide bonds. The molecule has 2 heterocycles. The second-order valence-corrected chi connectivity index (χ2v) is 13.6. The minimum Gasteiger partial charge on any atom is -0.427 e. The second kappa shape index (κ2) is 16.4. The lowest BCUT2D eigenvalue weighted by Crippen LogP contribution is -2.09. The van der Waals surface area contributed by atoms with Crippen LogP contribution in [0.15, 0.2) is 133 Å². The summed E-state index contributed by atoms with van der Waals surface area (Å²) in [6.45, 7) is 1.42. The summed E-state index contributed by atoms with van der Waals surface area (Å²) < 4.78 is 32.5. The quantitative estimate of drug-likeness (QED) is 0.0605. The van der Waals surface area contributed by atoms with Gasteiger partial charge in [-0.3, -0.25) is 9.59 Å². The number of fused-ring (bicyclic) bond motifs is 1. The lowest BCUT2D eigenvalue weighted by Gasteiger charge is -2.09. The molecule has 0 aromatic heterocycles. The fourth-order valence-corrected chi connectivity index (χ4v) is 6.08. The Morgan fingerprint density at radius 3 is 1.12 bits per heavy atom. The highest BCUT2D eigenvalue weighted by Gasteiger charge is 2.24. The van der Waals surface area contributed by atoms with Gasteiger partial charge in [-0.15, -0.1) is 0 Å². The van der Waals surface area contributed by atoms with Gasteiger partial charge in [0.05, 0.1) is 36.5 Å². The molecular formula is C46H36O10. The minimum absolute atomic E-state index is 0.180. The van der Waals surface area contributed by atoms with Crippen LogP contribution in [0.1, 0.15) is 46.4 Å². The van der Waals surface area contributed by atoms with Crippen LogP contribution < -0.4 is 18.9 Å². The van der Waals surface area contributed by atoms with Crippen molar-refractivity contribution in [3.63, 3.8) is 0 Å². The summed E-state index contributed by atoms with van der Waals surface area (Å²) in [6, 6.07) is 39.0. The lowest BCUT2D eigenvalue weighted by molar-refractivity contribution is -0.135. The molecule has 0 aliphatic carbocycles. The topological polar surface area (TPSA) is 130 Å². The van der Waals surface area contributed by atoms with E-state index in [1.165, 1.54) is 0 Å². The normalized spacial score (nSPS) is 15.4. The third-order valence-electron chi connectivity index (χ3n) is 9.43. The fourth-order valence-electron chi connectivity index (χ4n) is 6.08. The number of ether oxygens (including phenoxy) is 6. The molecule has 2 atom stereocenters. The van der Waals surface area contributed by atoms with Crippen LogP contribution in [0.5, 0.6) is 23.0 Å². The molecule has 2 aliphatic rings. The Labute approximate surface area is 322 Å². The maximum Gasteiger partial charge on any atom is 0.343 e. The first-order valence-corrected chi connectivity index (χ1v) is 18.3. The highest BCUT2D eigenvalue weighted by atomic mass is 16.6. The molecule has 0 saturated carbocycles. The number of esters is 4. The first-order valence-electron chi connectivity index (χ1n) is 18.3.